The Morgan fingerprint density at radius 3 is 2.58 bits per heavy atom. The van der Waals surface area contributed by atoms with Crippen molar-refractivity contribution in [2.45, 2.75) is 46.0 Å². The molecule has 0 aromatic rings. The number of carbonyl (C=O) groups excluding carboxylic acids is 1. The van der Waals surface area contributed by atoms with Gasteiger partial charge in [0.05, 0.1) is 17.7 Å². The molecule has 0 atom stereocenters. The molecule has 0 spiro atoms. The van der Waals surface area contributed by atoms with Crippen molar-refractivity contribution in [3.05, 3.63) is 60.3 Å². The Labute approximate surface area is 156 Å². The van der Waals surface area contributed by atoms with Crippen LogP contribution in [0.2, 0.25) is 0 Å². The summed E-state index contributed by atoms with van der Waals surface area (Å²) in [6.45, 7) is 7.69. The molecule has 0 saturated heterocycles. The van der Waals surface area contributed by atoms with Crippen LogP contribution in [-0.2, 0) is 4.79 Å². The molecule has 1 N–H and O–H groups in total. The molecule has 5 heteroatoms. The highest BCUT2D eigenvalue weighted by Crippen LogP contribution is 2.15. The third-order valence-electron chi connectivity index (χ3n) is 3.41. The molecular weight excluding hydrogens is 329 g/mol. The van der Waals surface area contributed by atoms with E-state index in [0.29, 0.717) is 23.3 Å². The second-order valence-corrected chi connectivity index (χ2v) is 5.40. The molecule has 0 aliphatic rings. The Bertz CT molecular complexity index is 611. The Morgan fingerprint density at radius 1 is 1.23 bits per heavy atom. The van der Waals surface area contributed by atoms with Gasteiger partial charge in [-0.2, -0.15) is 0 Å². The van der Waals surface area contributed by atoms with E-state index in [-0.39, 0.29) is 12.3 Å². The maximum atomic E-state index is 12.1. The van der Waals surface area contributed by atoms with Crippen LogP contribution < -0.4 is 5.32 Å². The molecule has 0 aliphatic carbocycles. The van der Waals surface area contributed by atoms with Crippen LogP contribution in [0.15, 0.2) is 70.2 Å². The lowest BCUT2D eigenvalue weighted by Gasteiger charge is -2.04. The summed E-state index contributed by atoms with van der Waals surface area (Å²) < 4.78 is 12.1. The lowest BCUT2D eigenvalue weighted by atomic mass is 10.2. The summed E-state index contributed by atoms with van der Waals surface area (Å²) in [5.74, 6) is -0.0946. The van der Waals surface area contributed by atoms with Gasteiger partial charge in [-0.3, -0.25) is 14.8 Å². The molecule has 0 unspecified atom stereocenters. The van der Waals surface area contributed by atoms with Gasteiger partial charge in [0, 0.05) is 25.9 Å². The van der Waals surface area contributed by atoms with E-state index < -0.39 is 0 Å². The first-order chi connectivity index (χ1) is 12.6. The van der Waals surface area contributed by atoms with Gasteiger partial charge in [-0.25, -0.2) is 4.39 Å². The van der Waals surface area contributed by atoms with Crippen LogP contribution in [0.1, 0.15) is 46.0 Å². The van der Waals surface area contributed by atoms with E-state index in [1.807, 2.05) is 19.2 Å². The Morgan fingerprint density at radius 2 is 2.00 bits per heavy atom. The molecule has 0 aromatic carbocycles. The number of halogens is 1. The SMILES string of the molecule is C=CC(/C=N/C(=C/C)C(=C\CC(=O)NC)/N=CCCCCC)=C\C=C\F. The molecule has 0 bridgehead atoms. The first-order valence-electron chi connectivity index (χ1n) is 8.86. The fourth-order valence-corrected chi connectivity index (χ4v) is 1.91. The van der Waals surface area contributed by atoms with E-state index in [1.54, 1.807) is 31.5 Å². The minimum atomic E-state index is -0.0946. The van der Waals surface area contributed by atoms with Crippen molar-refractivity contribution in [3.8, 4) is 0 Å². The van der Waals surface area contributed by atoms with Crippen LogP contribution in [0.3, 0.4) is 0 Å². The maximum absolute atomic E-state index is 12.1. The second-order valence-electron chi connectivity index (χ2n) is 5.40. The molecule has 0 rings (SSSR count). The van der Waals surface area contributed by atoms with E-state index in [2.05, 4.69) is 28.8 Å². The first kappa shape index (κ1) is 23.4. The lowest BCUT2D eigenvalue weighted by molar-refractivity contribution is -0.119. The number of hydrogen-bond acceptors (Lipinski definition) is 3. The highest BCUT2D eigenvalue weighted by Gasteiger charge is 2.03. The molecule has 0 aromatic heterocycles. The lowest BCUT2D eigenvalue weighted by Crippen LogP contribution is -2.16. The van der Waals surface area contributed by atoms with Gasteiger partial charge < -0.3 is 5.32 Å². The molecule has 0 aliphatic heterocycles. The van der Waals surface area contributed by atoms with Gasteiger partial charge in [0.25, 0.3) is 0 Å². The van der Waals surface area contributed by atoms with Gasteiger partial charge in [0.2, 0.25) is 5.91 Å². The van der Waals surface area contributed by atoms with E-state index in [9.17, 15) is 9.18 Å². The molecule has 142 valence electrons. The highest BCUT2D eigenvalue weighted by atomic mass is 19.1. The van der Waals surface area contributed by atoms with Crippen LogP contribution in [-0.4, -0.2) is 25.4 Å². The maximum Gasteiger partial charge on any atom is 0.223 e. The molecular formula is C21H30FN3O. The molecule has 0 radical (unpaired) electrons. The van der Waals surface area contributed by atoms with E-state index in [0.717, 1.165) is 25.7 Å². The van der Waals surface area contributed by atoms with Gasteiger partial charge in [-0.15, -0.1) is 0 Å². The number of allylic oxidation sites excluding steroid dienone is 5. The smallest absolute Gasteiger partial charge is 0.223 e. The predicted molar refractivity (Wildman–Crippen MR) is 110 cm³/mol. The Balaban J connectivity index is 5.39. The average Bonchev–Trinajstić information content (AvgIpc) is 2.67. The zero-order valence-corrected chi connectivity index (χ0v) is 16.0. The van der Waals surface area contributed by atoms with Crippen molar-refractivity contribution in [1.82, 2.24) is 5.32 Å². The average molecular weight is 359 g/mol. The molecule has 4 nitrogen and oxygen atoms in total. The summed E-state index contributed by atoms with van der Waals surface area (Å²) in [4.78, 5) is 20.4. The van der Waals surface area contributed by atoms with Crippen molar-refractivity contribution in [1.29, 1.82) is 0 Å². The summed E-state index contributed by atoms with van der Waals surface area (Å²) in [6.07, 6.45) is 16.4. The summed E-state index contributed by atoms with van der Waals surface area (Å²) in [5.41, 5.74) is 1.93. The van der Waals surface area contributed by atoms with Gasteiger partial charge in [-0.1, -0.05) is 44.6 Å². The number of aliphatic imine (C=N–C) groups is 2. The largest absolute Gasteiger partial charge is 0.359 e. The fraction of sp³-hybridized carbons (Fsp3) is 0.381. The zero-order chi connectivity index (χ0) is 19.6. The number of nitrogens with one attached hydrogen (secondary N) is 1. The summed E-state index contributed by atoms with van der Waals surface area (Å²) in [7, 11) is 1.60. The van der Waals surface area contributed by atoms with Gasteiger partial charge in [0.1, 0.15) is 0 Å². The van der Waals surface area contributed by atoms with Gasteiger partial charge in [-0.05, 0) is 37.5 Å². The van der Waals surface area contributed by atoms with Crippen molar-refractivity contribution in [2.75, 3.05) is 7.05 Å². The quantitative estimate of drug-likeness (QED) is 0.290. The van der Waals surface area contributed by atoms with Crippen molar-refractivity contribution < 1.29 is 9.18 Å². The van der Waals surface area contributed by atoms with E-state index in [4.69, 9.17) is 0 Å². The van der Waals surface area contributed by atoms with Crippen molar-refractivity contribution in [3.63, 3.8) is 0 Å². The zero-order valence-electron chi connectivity index (χ0n) is 16.0. The molecule has 0 saturated carbocycles. The third-order valence-corrected chi connectivity index (χ3v) is 3.41. The number of rotatable bonds is 12. The Kier molecular flexibility index (Phi) is 14.4. The predicted octanol–water partition coefficient (Wildman–Crippen LogP) is 5.23. The monoisotopic (exact) mass is 359 g/mol. The van der Waals surface area contributed by atoms with Crippen molar-refractivity contribution >= 4 is 18.3 Å². The topological polar surface area (TPSA) is 53.8 Å². The van der Waals surface area contributed by atoms with Crippen LogP contribution in [0, 0.1) is 0 Å². The summed E-state index contributed by atoms with van der Waals surface area (Å²) in [5, 5.41) is 2.59. The van der Waals surface area contributed by atoms with Crippen LogP contribution in [0.4, 0.5) is 4.39 Å². The summed E-state index contributed by atoms with van der Waals surface area (Å²) in [6, 6.07) is 0. The molecule has 0 heterocycles. The highest BCUT2D eigenvalue weighted by molar-refractivity contribution is 5.84. The molecule has 26 heavy (non-hydrogen) atoms. The number of unbranched alkanes of at least 4 members (excludes halogenated alkanes) is 3. The van der Waals surface area contributed by atoms with Crippen LogP contribution in [0.5, 0.6) is 0 Å². The second kappa shape index (κ2) is 15.9. The fourth-order valence-electron chi connectivity index (χ4n) is 1.91. The minimum absolute atomic E-state index is 0.0946. The van der Waals surface area contributed by atoms with E-state index >= 15 is 0 Å². The van der Waals surface area contributed by atoms with Crippen LogP contribution >= 0.6 is 0 Å². The molecule has 0 fully saturated rings. The number of amides is 1. The number of hydrogen-bond donors (Lipinski definition) is 1. The minimum Gasteiger partial charge on any atom is -0.359 e. The molecule has 1 amide bonds. The summed E-state index contributed by atoms with van der Waals surface area (Å²) >= 11 is 0. The Hall–Kier alpha value is -2.56. The van der Waals surface area contributed by atoms with E-state index in [1.165, 1.54) is 6.08 Å². The number of carbonyl (C=O) groups is 1. The van der Waals surface area contributed by atoms with Crippen LogP contribution in [0.25, 0.3) is 0 Å². The first-order valence-corrected chi connectivity index (χ1v) is 8.86. The standard InChI is InChI=1S/C21H30FN3O/c1-5-8-9-10-16-24-20(13-14-21(26)23-4)19(7-3)25-17-18(6-2)12-11-15-22/h6-7,11-13,15-17H,2,5,8-10,14H2,1,3-4H3,(H,23,26)/b15-11+,18-12+,19-7+,20-13+,24-16?,25-17+. The normalized spacial score (nSPS) is 13.9. The van der Waals surface area contributed by atoms with Gasteiger partial charge >= 0.3 is 0 Å². The van der Waals surface area contributed by atoms with Gasteiger partial charge in [0.15, 0.2) is 0 Å². The van der Waals surface area contributed by atoms with Crippen molar-refractivity contribution in [2.24, 2.45) is 9.98 Å². The number of nitrogens with zero attached hydrogens (tertiary/aromatic N) is 2. The third kappa shape index (κ3) is 11.1.